The van der Waals surface area contributed by atoms with Gasteiger partial charge in [0.1, 0.15) is 12.4 Å². The van der Waals surface area contributed by atoms with Crippen molar-refractivity contribution < 1.29 is 18.3 Å². The highest BCUT2D eigenvalue weighted by Gasteiger charge is 2.24. The molecule has 0 saturated heterocycles. The number of aryl methyl sites for hydroxylation is 1. The molecule has 1 aromatic heterocycles. The van der Waals surface area contributed by atoms with Gasteiger partial charge in [0.15, 0.2) is 11.6 Å². The predicted molar refractivity (Wildman–Crippen MR) is 93.7 cm³/mol. The van der Waals surface area contributed by atoms with Crippen LogP contribution in [0.5, 0.6) is 0 Å². The van der Waals surface area contributed by atoms with E-state index in [1.165, 1.54) is 25.4 Å². The highest BCUT2D eigenvalue weighted by atomic mass is 35.5. The molecule has 1 saturated carbocycles. The number of hydrogen-bond donors (Lipinski definition) is 0. The average molecular weight is 382 g/mol. The number of Topliss-reactive ketones (excluding diaryl/α,β-unsaturated/α-hetero) is 1. The number of rotatable bonds is 7. The molecule has 1 heterocycles. The number of ether oxygens (including phenoxy) is 1. The SMILES string of the molecule is Cn1cc(C(=O)COCC2CC2)c(Cc2ccc(Cl)cc2F)c(F)c1=O. The lowest BCUT2D eigenvalue weighted by Gasteiger charge is -2.13. The van der Waals surface area contributed by atoms with Crippen LogP contribution in [0.4, 0.5) is 8.78 Å². The van der Waals surface area contributed by atoms with Crippen molar-refractivity contribution in [2.24, 2.45) is 13.0 Å². The van der Waals surface area contributed by atoms with Crippen LogP contribution >= 0.6 is 11.6 Å². The monoisotopic (exact) mass is 381 g/mol. The van der Waals surface area contributed by atoms with Crippen LogP contribution in [-0.4, -0.2) is 23.6 Å². The van der Waals surface area contributed by atoms with E-state index in [0.717, 1.165) is 23.5 Å². The Balaban J connectivity index is 1.92. The molecular formula is C19H18ClF2NO3. The Morgan fingerprint density at radius 1 is 1.35 bits per heavy atom. The summed E-state index contributed by atoms with van der Waals surface area (Å²) < 4.78 is 35.0. The highest BCUT2D eigenvalue weighted by molar-refractivity contribution is 6.30. The Bertz CT molecular complexity index is 906. The molecule has 0 unspecified atom stereocenters. The van der Waals surface area contributed by atoms with E-state index < -0.39 is 23.0 Å². The summed E-state index contributed by atoms with van der Waals surface area (Å²) in [4.78, 5) is 24.4. The lowest BCUT2D eigenvalue weighted by molar-refractivity contribution is 0.0737. The Hall–Kier alpha value is -2.05. The maximum atomic E-state index is 14.6. The third-order valence-corrected chi connectivity index (χ3v) is 4.62. The highest BCUT2D eigenvalue weighted by Crippen LogP contribution is 2.29. The van der Waals surface area contributed by atoms with Gasteiger partial charge in [0, 0.05) is 35.8 Å². The second kappa shape index (κ2) is 7.68. The summed E-state index contributed by atoms with van der Waals surface area (Å²) in [5.74, 6) is -1.64. The maximum absolute atomic E-state index is 14.6. The van der Waals surface area contributed by atoms with Gasteiger partial charge >= 0.3 is 0 Å². The topological polar surface area (TPSA) is 48.3 Å². The van der Waals surface area contributed by atoms with E-state index in [-0.39, 0.29) is 34.7 Å². The average Bonchev–Trinajstić information content (AvgIpc) is 3.41. The van der Waals surface area contributed by atoms with Crippen molar-refractivity contribution in [2.45, 2.75) is 19.3 Å². The van der Waals surface area contributed by atoms with Crippen LogP contribution in [0.2, 0.25) is 5.02 Å². The van der Waals surface area contributed by atoms with E-state index in [0.29, 0.717) is 12.5 Å². The Labute approximate surface area is 154 Å². The van der Waals surface area contributed by atoms with E-state index in [4.69, 9.17) is 16.3 Å². The molecule has 0 aliphatic heterocycles. The van der Waals surface area contributed by atoms with Gasteiger partial charge in [-0.15, -0.1) is 0 Å². The van der Waals surface area contributed by atoms with Gasteiger partial charge in [0.2, 0.25) is 0 Å². The van der Waals surface area contributed by atoms with Crippen molar-refractivity contribution in [3.8, 4) is 0 Å². The second-order valence-corrected chi connectivity index (χ2v) is 6.98. The van der Waals surface area contributed by atoms with Gasteiger partial charge in [0.05, 0.1) is 6.61 Å². The third kappa shape index (κ3) is 4.19. The quantitative estimate of drug-likeness (QED) is 0.689. The number of halogens is 3. The van der Waals surface area contributed by atoms with E-state index in [2.05, 4.69) is 0 Å². The fraction of sp³-hybridized carbons (Fsp3) is 0.368. The van der Waals surface area contributed by atoms with Gasteiger partial charge < -0.3 is 9.30 Å². The first-order chi connectivity index (χ1) is 12.4. The molecule has 0 atom stereocenters. The van der Waals surface area contributed by atoms with Crippen LogP contribution in [0.1, 0.15) is 34.3 Å². The van der Waals surface area contributed by atoms with E-state index >= 15 is 0 Å². The molecule has 1 aromatic carbocycles. The summed E-state index contributed by atoms with van der Waals surface area (Å²) >= 11 is 5.73. The van der Waals surface area contributed by atoms with Gasteiger partial charge in [-0.25, -0.2) is 8.78 Å². The van der Waals surface area contributed by atoms with Gasteiger partial charge in [-0.1, -0.05) is 17.7 Å². The zero-order valence-electron chi connectivity index (χ0n) is 14.2. The first kappa shape index (κ1) is 18.7. The lowest BCUT2D eigenvalue weighted by atomic mass is 9.98. The van der Waals surface area contributed by atoms with Crippen LogP contribution in [0.3, 0.4) is 0 Å². The van der Waals surface area contributed by atoms with E-state index in [9.17, 15) is 18.4 Å². The van der Waals surface area contributed by atoms with Gasteiger partial charge in [0.25, 0.3) is 5.56 Å². The van der Waals surface area contributed by atoms with Crippen LogP contribution in [0.15, 0.2) is 29.2 Å². The minimum atomic E-state index is -1.06. The number of pyridine rings is 1. The number of hydrogen-bond acceptors (Lipinski definition) is 3. The van der Waals surface area contributed by atoms with Gasteiger partial charge in [-0.3, -0.25) is 9.59 Å². The molecule has 1 fully saturated rings. The molecule has 7 heteroatoms. The van der Waals surface area contributed by atoms with E-state index in [1.54, 1.807) is 0 Å². The fourth-order valence-electron chi connectivity index (χ4n) is 2.68. The molecule has 138 valence electrons. The summed E-state index contributed by atoms with van der Waals surface area (Å²) in [6.07, 6.45) is 3.22. The molecule has 0 radical (unpaired) electrons. The minimum Gasteiger partial charge on any atom is -0.373 e. The summed E-state index contributed by atoms with van der Waals surface area (Å²) in [5.41, 5.74) is -0.830. The first-order valence-corrected chi connectivity index (χ1v) is 8.67. The molecule has 26 heavy (non-hydrogen) atoms. The van der Waals surface area contributed by atoms with Crippen molar-refractivity contribution in [3.63, 3.8) is 0 Å². The molecule has 3 rings (SSSR count). The Kier molecular flexibility index (Phi) is 5.53. The van der Waals surface area contributed by atoms with Crippen LogP contribution in [0.25, 0.3) is 0 Å². The maximum Gasteiger partial charge on any atom is 0.286 e. The molecular weight excluding hydrogens is 364 g/mol. The van der Waals surface area contributed by atoms with E-state index in [1.807, 2.05) is 0 Å². The molecule has 0 spiro atoms. The molecule has 0 N–H and O–H groups in total. The third-order valence-electron chi connectivity index (χ3n) is 4.39. The van der Waals surface area contributed by atoms with Crippen LogP contribution in [0, 0.1) is 17.6 Å². The van der Waals surface area contributed by atoms with Gasteiger partial charge in [-0.05, 0) is 36.5 Å². The zero-order valence-corrected chi connectivity index (χ0v) is 15.0. The Morgan fingerprint density at radius 3 is 2.73 bits per heavy atom. The van der Waals surface area contributed by atoms with Crippen molar-refractivity contribution in [3.05, 3.63) is 68.1 Å². The smallest absolute Gasteiger partial charge is 0.286 e. The standard InChI is InChI=1S/C19H18ClF2NO3/c1-23-8-15(17(24)10-26-9-11-2-3-11)14(18(22)19(23)25)6-12-4-5-13(20)7-16(12)21/h4-5,7-8,11H,2-3,6,9-10H2,1H3. The van der Waals surface area contributed by atoms with Gasteiger partial charge in [-0.2, -0.15) is 0 Å². The number of aromatic nitrogens is 1. The van der Waals surface area contributed by atoms with Crippen LogP contribution < -0.4 is 5.56 Å². The number of carbonyl (C=O) groups is 1. The summed E-state index contributed by atoms with van der Waals surface area (Å²) in [6, 6.07) is 3.99. The zero-order chi connectivity index (χ0) is 18.8. The molecule has 0 bridgehead atoms. The normalized spacial score (nSPS) is 13.8. The predicted octanol–water partition coefficient (Wildman–Crippen LogP) is 3.52. The lowest BCUT2D eigenvalue weighted by Crippen LogP contribution is -2.26. The Morgan fingerprint density at radius 2 is 2.08 bits per heavy atom. The summed E-state index contributed by atoms with van der Waals surface area (Å²) in [6.45, 7) is 0.283. The van der Waals surface area contributed by atoms with Crippen molar-refractivity contribution >= 4 is 17.4 Å². The molecule has 1 aliphatic rings. The fourth-order valence-corrected chi connectivity index (χ4v) is 2.84. The van der Waals surface area contributed by atoms with Crippen molar-refractivity contribution in [2.75, 3.05) is 13.2 Å². The molecule has 0 amide bonds. The second-order valence-electron chi connectivity index (χ2n) is 6.55. The van der Waals surface area contributed by atoms with Crippen molar-refractivity contribution in [1.82, 2.24) is 4.57 Å². The number of ketones is 1. The van der Waals surface area contributed by atoms with Crippen LogP contribution in [-0.2, 0) is 18.2 Å². The largest absolute Gasteiger partial charge is 0.373 e. The molecule has 2 aromatic rings. The first-order valence-electron chi connectivity index (χ1n) is 8.29. The van der Waals surface area contributed by atoms with Crippen molar-refractivity contribution in [1.29, 1.82) is 0 Å². The molecule has 1 aliphatic carbocycles. The number of benzene rings is 1. The minimum absolute atomic E-state index is 0.0229. The molecule has 4 nitrogen and oxygen atoms in total. The summed E-state index contributed by atoms with van der Waals surface area (Å²) in [5, 5.41) is 0.209. The summed E-state index contributed by atoms with van der Waals surface area (Å²) in [7, 11) is 1.36. The number of nitrogens with zero attached hydrogens (tertiary/aromatic N) is 1. The number of carbonyl (C=O) groups excluding carboxylic acids is 1.